The second-order valence-electron chi connectivity index (χ2n) is 4.05. The standard InChI is InChI=1S/C11H12F2N4/c12-11(13)4-6-17(7-5-11)10-3-1-2-9(8-10)15-16-14/h1-3,8H,4-7H2. The molecule has 1 heterocycles. The summed E-state index contributed by atoms with van der Waals surface area (Å²) in [5, 5.41) is 3.50. The Hall–Kier alpha value is -1.81. The van der Waals surface area contributed by atoms with Crippen molar-refractivity contribution in [2.75, 3.05) is 18.0 Å². The lowest BCUT2D eigenvalue weighted by atomic mass is 10.1. The lowest BCUT2D eigenvalue weighted by molar-refractivity contribution is -0.0220. The number of nitrogens with zero attached hydrogens (tertiary/aromatic N) is 4. The first-order valence-corrected chi connectivity index (χ1v) is 5.39. The fourth-order valence-corrected chi connectivity index (χ4v) is 1.90. The molecule has 1 fully saturated rings. The molecule has 0 bridgehead atoms. The van der Waals surface area contributed by atoms with Gasteiger partial charge in [0, 0.05) is 42.2 Å². The normalized spacial score (nSPS) is 18.6. The van der Waals surface area contributed by atoms with E-state index in [2.05, 4.69) is 10.0 Å². The lowest BCUT2D eigenvalue weighted by Gasteiger charge is -2.33. The molecule has 1 saturated heterocycles. The van der Waals surface area contributed by atoms with Crippen LogP contribution < -0.4 is 4.90 Å². The summed E-state index contributed by atoms with van der Waals surface area (Å²) in [7, 11) is 0. The number of anilines is 1. The van der Waals surface area contributed by atoms with Crippen molar-refractivity contribution < 1.29 is 8.78 Å². The Morgan fingerprint density at radius 2 is 2.00 bits per heavy atom. The number of alkyl halides is 2. The first-order chi connectivity index (χ1) is 8.11. The van der Waals surface area contributed by atoms with Crippen LogP contribution in [0.5, 0.6) is 0 Å². The highest BCUT2D eigenvalue weighted by molar-refractivity contribution is 5.55. The first-order valence-electron chi connectivity index (χ1n) is 5.39. The van der Waals surface area contributed by atoms with Crippen LogP contribution in [0.3, 0.4) is 0 Å². The number of rotatable bonds is 2. The van der Waals surface area contributed by atoms with Gasteiger partial charge in [0.25, 0.3) is 5.92 Å². The Balaban J connectivity index is 2.13. The highest BCUT2D eigenvalue weighted by Gasteiger charge is 2.33. The largest absolute Gasteiger partial charge is 0.371 e. The molecule has 0 spiro atoms. The van der Waals surface area contributed by atoms with E-state index in [-0.39, 0.29) is 12.8 Å². The maximum absolute atomic E-state index is 13.0. The summed E-state index contributed by atoms with van der Waals surface area (Å²) in [4.78, 5) is 4.58. The zero-order valence-corrected chi connectivity index (χ0v) is 9.18. The third-order valence-corrected chi connectivity index (χ3v) is 2.85. The SMILES string of the molecule is [N-]=[N+]=Nc1cccc(N2CCC(F)(F)CC2)c1. The lowest BCUT2D eigenvalue weighted by Crippen LogP contribution is -2.39. The summed E-state index contributed by atoms with van der Waals surface area (Å²) < 4.78 is 26.0. The minimum absolute atomic E-state index is 0.126. The highest BCUT2D eigenvalue weighted by Crippen LogP contribution is 2.31. The van der Waals surface area contributed by atoms with E-state index in [0.717, 1.165) is 5.69 Å². The zero-order valence-electron chi connectivity index (χ0n) is 9.18. The molecule has 1 aromatic carbocycles. The number of halogens is 2. The molecule has 1 aromatic rings. The van der Waals surface area contributed by atoms with Crippen LogP contribution in [0.4, 0.5) is 20.2 Å². The van der Waals surface area contributed by atoms with Gasteiger partial charge >= 0.3 is 0 Å². The van der Waals surface area contributed by atoms with Gasteiger partial charge in [0.1, 0.15) is 0 Å². The molecule has 0 aliphatic carbocycles. The van der Waals surface area contributed by atoms with Crippen molar-refractivity contribution >= 4 is 11.4 Å². The van der Waals surface area contributed by atoms with Crippen molar-refractivity contribution in [3.05, 3.63) is 34.7 Å². The number of hydrogen-bond acceptors (Lipinski definition) is 2. The molecule has 1 aliphatic heterocycles. The van der Waals surface area contributed by atoms with Gasteiger partial charge in [0.15, 0.2) is 0 Å². The second kappa shape index (κ2) is 4.59. The first kappa shape index (κ1) is 11.7. The summed E-state index contributed by atoms with van der Waals surface area (Å²) in [6.45, 7) is 0.652. The van der Waals surface area contributed by atoms with Crippen LogP contribution in [-0.2, 0) is 0 Å². The molecule has 4 nitrogen and oxygen atoms in total. The molecule has 1 aliphatic rings. The fraction of sp³-hybridized carbons (Fsp3) is 0.455. The number of hydrogen-bond donors (Lipinski definition) is 0. The van der Waals surface area contributed by atoms with Gasteiger partial charge < -0.3 is 4.90 Å². The van der Waals surface area contributed by atoms with Gasteiger partial charge in [-0.05, 0) is 17.7 Å². The van der Waals surface area contributed by atoms with Gasteiger partial charge in [-0.15, -0.1) is 0 Å². The molecule has 6 heteroatoms. The quantitative estimate of drug-likeness (QED) is 0.438. The summed E-state index contributed by atoms with van der Waals surface area (Å²) in [6.07, 6.45) is -0.252. The van der Waals surface area contributed by atoms with Crippen LogP contribution in [0.1, 0.15) is 12.8 Å². The predicted octanol–water partition coefficient (Wildman–Crippen LogP) is 3.86. The second-order valence-corrected chi connectivity index (χ2v) is 4.05. The maximum Gasteiger partial charge on any atom is 0.251 e. The van der Waals surface area contributed by atoms with Crippen molar-refractivity contribution in [1.82, 2.24) is 0 Å². The van der Waals surface area contributed by atoms with Gasteiger partial charge in [0.2, 0.25) is 0 Å². The van der Waals surface area contributed by atoms with Crippen molar-refractivity contribution in [3.63, 3.8) is 0 Å². The van der Waals surface area contributed by atoms with E-state index in [1.54, 1.807) is 18.2 Å². The van der Waals surface area contributed by atoms with Crippen LogP contribution in [0, 0.1) is 0 Å². The molecule has 2 rings (SSSR count). The predicted molar refractivity (Wildman–Crippen MR) is 61.6 cm³/mol. The van der Waals surface area contributed by atoms with Crippen molar-refractivity contribution in [2.24, 2.45) is 5.11 Å². The zero-order chi connectivity index (χ0) is 12.3. The van der Waals surface area contributed by atoms with E-state index in [1.807, 2.05) is 11.0 Å². The Morgan fingerprint density at radius 3 is 2.65 bits per heavy atom. The summed E-state index contributed by atoms with van der Waals surface area (Å²) in [6, 6.07) is 6.98. The average Bonchev–Trinajstić information content (AvgIpc) is 2.30. The van der Waals surface area contributed by atoms with E-state index in [4.69, 9.17) is 5.53 Å². The van der Waals surface area contributed by atoms with Gasteiger partial charge in [-0.2, -0.15) is 0 Å². The Labute approximate surface area is 97.5 Å². The van der Waals surface area contributed by atoms with Gasteiger partial charge in [0.05, 0.1) is 0 Å². The minimum Gasteiger partial charge on any atom is -0.371 e. The number of azide groups is 1. The van der Waals surface area contributed by atoms with E-state index in [9.17, 15) is 8.78 Å². The van der Waals surface area contributed by atoms with E-state index in [1.165, 1.54) is 0 Å². The monoisotopic (exact) mass is 238 g/mol. The Morgan fingerprint density at radius 1 is 1.29 bits per heavy atom. The summed E-state index contributed by atoms with van der Waals surface area (Å²) in [5.41, 5.74) is 9.66. The van der Waals surface area contributed by atoms with E-state index >= 15 is 0 Å². The molecule has 0 radical (unpaired) electrons. The molecule has 0 unspecified atom stereocenters. The molecule has 0 aromatic heterocycles. The molecule has 0 amide bonds. The molecular weight excluding hydrogens is 226 g/mol. The number of piperidine rings is 1. The summed E-state index contributed by atoms with van der Waals surface area (Å²) >= 11 is 0. The van der Waals surface area contributed by atoms with Crippen molar-refractivity contribution in [2.45, 2.75) is 18.8 Å². The van der Waals surface area contributed by atoms with E-state index in [0.29, 0.717) is 18.8 Å². The summed E-state index contributed by atoms with van der Waals surface area (Å²) in [5.74, 6) is -2.54. The topological polar surface area (TPSA) is 52.0 Å². The van der Waals surface area contributed by atoms with Crippen molar-refractivity contribution in [3.8, 4) is 0 Å². The van der Waals surface area contributed by atoms with Crippen LogP contribution >= 0.6 is 0 Å². The molecule has 0 saturated carbocycles. The van der Waals surface area contributed by atoms with Crippen LogP contribution in [0.15, 0.2) is 29.4 Å². The Kier molecular flexibility index (Phi) is 3.15. The van der Waals surface area contributed by atoms with Gasteiger partial charge in [-0.3, -0.25) is 0 Å². The van der Waals surface area contributed by atoms with Crippen LogP contribution in [0.2, 0.25) is 0 Å². The third-order valence-electron chi connectivity index (χ3n) is 2.85. The molecule has 17 heavy (non-hydrogen) atoms. The van der Waals surface area contributed by atoms with E-state index < -0.39 is 5.92 Å². The molecule has 90 valence electrons. The maximum atomic E-state index is 13.0. The molecule has 0 atom stereocenters. The molecule has 0 N–H and O–H groups in total. The number of benzene rings is 1. The highest BCUT2D eigenvalue weighted by atomic mass is 19.3. The minimum atomic E-state index is -2.54. The average molecular weight is 238 g/mol. The smallest absolute Gasteiger partial charge is 0.251 e. The Bertz CT molecular complexity index is 445. The third kappa shape index (κ3) is 2.85. The van der Waals surface area contributed by atoms with Crippen LogP contribution in [-0.4, -0.2) is 19.0 Å². The molecular formula is C11H12F2N4. The fourth-order valence-electron chi connectivity index (χ4n) is 1.90. The van der Waals surface area contributed by atoms with Gasteiger partial charge in [-0.1, -0.05) is 17.2 Å². The van der Waals surface area contributed by atoms with Gasteiger partial charge in [-0.25, -0.2) is 8.78 Å². The van der Waals surface area contributed by atoms with Crippen molar-refractivity contribution in [1.29, 1.82) is 0 Å². The van der Waals surface area contributed by atoms with Crippen LogP contribution in [0.25, 0.3) is 10.4 Å².